The second-order valence-corrected chi connectivity index (χ2v) is 19.7. The Morgan fingerprint density at radius 2 is 1.37 bits per heavy atom. The van der Waals surface area contributed by atoms with Crippen LogP contribution < -0.4 is 10.1 Å². The van der Waals surface area contributed by atoms with Gasteiger partial charge in [0, 0.05) is 67.9 Å². The molecule has 0 radical (unpaired) electrons. The van der Waals surface area contributed by atoms with Crippen LogP contribution in [0, 0.1) is 29.8 Å². The van der Waals surface area contributed by atoms with Crippen molar-refractivity contribution in [2.75, 3.05) is 51.8 Å². The summed E-state index contributed by atoms with van der Waals surface area (Å²) < 4.78 is 101. The number of ether oxygens (including phenoxy) is 1. The molecule has 0 spiro atoms. The molecule has 0 aliphatic carbocycles. The fourth-order valence-corrected chi connectivity index (χ4v) is 8.84. The molecule has 2 atom stereocenters. The van der Waals surface area contributed by atoms with Gasteiger partial charge in [0.1, 0.15) is 0 Å². The molecule has 0 aliphatic heterocycles. The average Bonchev–Trinajstić information content (AvgIpc) is 3.17. The lowest BCUT2D eigenvalue weighted by Gasteiger charge is -2.33. The molecule has 0 aliphatic rings. The van der Waals surface area contributed by atoms with E-state index < -0.39 is 84.1 Å². The number of carbonyl (C=O) groups excluding carboxylic acids is 3. The van der Waals surface area contributed by atoms with E-state index in [4.69, 9.17) is 11.3 Å². The van der Waals surface area contributed by atoms with E-state index in [-0.39, 0.29) is 43.1 Å². The summed E-state index contributed by atoms with van der Waals surface area (Å²) in [7, 11) is -0.711. The van der Waals surface area contributed by atoms with E-state index in [0.717, 1.165) is 11.8 Å². The Labute approximate surface area is 353 Å². The molecule has 0 fully saturated rings. The lowest BCUT2D eigenvalue weighted by Crippen LogP contribution is -2.46. The summed E-state index contributed by atoms with van der Waals surface area (Å²) in [6.07, 6.45) is 0.271. The fourth-order valence-electron chi connectivity index (χ4n) is 6.41. The van der Waals surface area contributed by atoms with Crippen LogP contribution >= 0.6 is 23.5 Å². The van der Waals surface area contributed by atoms with Gasteiger partial charge in [-0.1, -0.05) is 84.2 Å². The number of nitrogens with one attached hydrogen (secondary N) is 1. The zero-order valence-corrected chi connectivity index (χ0v) is 36.3. The largest absolute Gasteiger partial charge is 0.748 e. The number of halogens is 4. The molecule has 10 nitrogen and oxygen atoms in total. The lowest BCUT2D eigenvalue weighted by molar-refractivity contribution is -0.890. The van der Waals surface area contributed by atoms with E-state index in [0.29, 0.717) is 53.5 Å². The maximum atomic E-state index is 16.1. The first-order valence-corrected chi connectivity index (χ1v) is 22.4. The van der Waals surface area contributed by atoms with Gasteiger partial charge in [-0.15, -0.1) is 0 Å². The molecule has 0 saturated carbocycles. The first kappa shape index (κ1) is 49.4. The summed E-state index contributed by atoms with van der Waals surface area (Å²) in [5.41, 5.74) is -1.60. The van der Waals surface area contributed by atoms with Crippen LogP contribution in [0.5, 0.6) is 5.75 Å². The normalized spacial score (nSPS) is 13.6. The molecular weight excluding hydrogens is 831 g/mol. The first-order valence-electron chi connectivity index (χ1n) is 19.0. The summed E-state index contributed by atoms with van der Waals surface area (Å²) in [5.74, 6) is -10.7. The molecule has 1 N–H and O–H groups in total. The number of rotatable bonds is 23. The number of hydrogen-bond donors (Lipinski definition) is 1. The third-order valence-corrected chi connectivity index (χ3v) is 12.6. The molecule has 322 valence electrons. The molecule has 0 bridgehead atoms. The third-order valence-electron chi connectivity index (χ3n) is 9.57. The minimum absolute atomic E-state index is 0.0777. The molecule has 3 aromatic rings. The molecule has 1 amide bonds. The quantitative estimate of drug-likeness (QED) is 0.0249. The van der Waals surface area contributed by atoms with Gasteiger partial charge in [-0.05, 0) is 32.1 Å². The Hall–Kier alpha value is -3.95. The molecule has 0 saturated heterocycles. The highest BCUT2D eigenvalue weighted by Crippen LogP contribution is 2.45. The van der Waals surface area contributed by atoms with Crippen molar-refractivity contribution in [2.24, 2.45) is 0 Å². The zero-order chi connectivity index (χ0) is 44.0. The minimum atomic E-state index is -4.37. The molecule has 59 heavy (non-hydrogen) atoms. The zero-order valence-electron chi connectivity index (χ0n) is 33.8. The van der Waals surface area contributed by atoms with Crippen molar-refractivity contribution < 1.29 is 54.1 Å². The average molecular weight is 882 g/mol. The SMILES string of the molecule is [C-]#[N+]C(C)(C)CC(CC(C)(SC(=O)c1ccccc1)C(=O)NCCC[N+](C)(C)CCCS(=O)(=O)[O-])c1c(F)c(F)c(OCCCCSC(=O)c2ccccc2)c(F)c1F. The van der Waals surface area contributed by atoms with Crippen LogP contribution in [0.3, 0.4) is 0 Å². The predicted molar refractivity (Wildman–Crippen MR) is 222 cm³/mol. The lowest BCUT2D eigenvalue weighted by atomic mass is 9.79. The van der Waals surface area contributed by atoms with E-state index in [9.17, 15) is 27.4 Å². The molecule has 0 heterocycles. The predicted octanol–water partition coefficient (Wildman–Crippen LogP) is 8.39. The van der Waals surface area contributed by atoms with Crippen LogP contribution in [0.15, 0.2) is 60.7 Å². The van der Waals surface area contributed by atoms with Crippen molar-refractivity contribution in [3.63, 3.8) is 0 Å². The van der Waals surface area contributed by atoms with Crippen LogP contribution in [0.2, 0.25) is 0 Å². The first-order chi connectivity index (χ1) is 27.6. The number of thioether (sulfide) groups is 2. The van der Waals surface area contributed by atoms with Crippen LogP contribution in [-0.4, -0.2) is 95.7 Å². The number of quaternary nitrogens is 1. The summed E-state index contributed by atoms with van der Waals surface area (Å²) in [6, 6.07) is 16.6. The summed E-state index contributed by atoms with van der Waals surface area (Å²) in [5, 5.41) is 2.07. The van der Waals surface area contributed by atoms with E-state index in [1.54, 1.807) is 48.5 Å². The van der Waals surface area contributed by atoms with Gasteiger partial charge in [-0.3, -0.25) is 14.4 Å². The Kier molecular flexibility index (Phi) is 18.5. The maximum Gasteiger partial charge on any atom is 0.236 e. The summed E-state index contributed by atoms with van der Waals surface area (Å²) in [6.45, 7) is 12.7. The van der Waals surface area contributed by atoms with Crippen LogP contribution in [0.1, 0.15) is 91.5 Å². The fraction of sp³-hybridized carbons (Fsp3) is 0.476. The summed E-state index contributed by atoms with van der Waals surface area (Å²) >= 11 is 1.64. The molecular formula is C42H51F4N3O7S3. The van der Waals surface area contributed by atoms with Gasteiger partial charge in [0.25, 0.3) is 0 Å². The van der Waals surface area contributed by atoms with Gasteiger partial charge >= 0.3 is 0 Å². The highest BCUT2D eigenvalue weighted by molar-refractivity contribution is 8.15. The van der Waals surface area contributed by atoms with Crippen LogP contribution in [0.25, 0.3) is 4.85 Å². The Bertz CT molecular complexity index is 2040. The van der Waals surface area contributed by atoms with E-state index in [1.165, 1.54) is 32.9 Å². The van der Waals surface area contributed by atoms with Crippen molar-refractivity contribution in [2.45, 2.75) is 75.5 Å². The van der Waals surface area contributed by atoms with Crippen molar-refractivity contribution in [1.82, 2.24) is 5.32 Å². The number of amides is 1. The van der Waals surface area contributed by atoms with E-state index >= 15 is 17.6 Å². The van der Waals surface area contributed by atoms with Crippen molar-refractivity contribution in [1.29, 1.82) is 0 Å². The van der Waals surface area contributed by atoms with Gasteiger partial charge < -0.3 is 23.9 Å². The topological polar surface area (TPSA) is 134 Å². The smallest absolute Gasteiger partial charge is 0.236 e. The standard InChI is InChI=1S/C42H51F4N3O7S3/c1-41(2,47-4)27-31(32-33(43)35(45)37(36(46)34(32)44)56-24-13-14-25-57-38(50)29-17-9-7-10-18-29)28-42(3,58-39(51)30-19-11-8-12-20-30)40(52)48-21-15-22-49(5,6)23-16-26-59(53,54)55/h7-12,17-20,31H,13-16,21-28H2,1-3,5-6H3,(H-,48,52,53,54,55). The molecule has 3 rings (SSSR count). The second kappa shape index (κ2) is 22.1. The van der Waals surface area contributed by atoms with E-state index in [1.807, 2.05) is 14.1 Å². The maximum absolute atomic E-state index is 16.1. The van der Waals surface area contributed by atoms with E-state index in [2.05, 4.69) is 10.2 Å². The summed E-state index contributed by atoms with van der Waals surface area (Å²) in [4.78, 5) is 43.5. The Morgan fingerprint density at radius 3 is 1.92 bits per heavy atom. The number of carbonyl (C=O) groups is 3. The van der Waals surface area contributed by atoms with Crippen LogP contribution in [-0.2, 0) is 14.9 Å². The van der Waals surface area contributed by atoms with Gasteiger partial charge in [0.05, 0.1) is 48.7 Å². The number of hydrogen-bond acceptors (Lipinski definition) is 9. The Balaban J connectivity index is 1.86. The third kappa shape index (κ3) is 15.5. The molecule has 17 heteroatoms. The van der Waals surface area contributed by atoms with Gasteiger partial charge in [0.15, 0.2) is 17.4 Å². The van der Waals surface area contributed by atoms with Crippen molar-refractivity contribution in [3.8, 4) is 5.75 Å². The monoisotopic (exact) mass is 881 g/mol. The highest BCUT2D eigenvalue weighted by Gasteiger charge is 2.44. The number of unbranched alkanes of at least 4 members (excludes halogenated alkanes) is 1. The van der Waals surface area contributed by atoms with Gasteiger partial charge in [-0.2, -0.15) is 8.78 Å². The second-order valence-electron chi connectivity index (χ2n) is 15.7. The number of nitrogens with zero attached hydrogens (tertiary/aromatic N) is 2. The van der Waals surface area contributed by atoms with Gasteiger partial charge in [-0.25, -0.2) is 23.8 Å². The molecule has 3 aromatic carbocycles. The van der Waals surface area contributed by atoms with Crippen LogP contribution in [0.4, 0.5) is 17.6 Å². The van der Waals surface area contributed by atoms with Crippen molar-refractivity contribution >= 4 is 49.8 Å². The molecule has 2 unspecified atom stereocenters. The minimum Gasteiger partial charge on any atom is -0.748 e. The van der Waals surface area contributed by atoms with Gasteiger partial charge in [0.2, 0.25) is 33.3 Å². The van der Waals surface area contributed by atoms with Crippen molar-refractivity contribution in [3.05, 3.63) is 112 Å². The highest BCUT2D eigenvalue weighted by atomic mass is 32.2. The molecule has 0 aromatic heterocycles. The Morgan fingerprint density at radius 1 is 0.831 bits per heavy atom. The number of benzene rings is 3.